The summed E-state index contributed by atoms with van der Waals surface area (Å²) in [5.74, 6) is -4.97. The summed E-state index contributed by atoms with van der Waals surface area (Å²) >= 11 is 0. The van der Waals surface area contributed by atoms with Crippen LogP contribution in [0.3, 0.4) is 0 Å². The highest BCUT2D eigenvalue weighted by molar-refractivity contribution is 6.00. The molecule has 0 saturated carbocycles. The second-order valence-corrected chi connectivity index (χ2v) is 15.1. The third-order valence-corrected chi connectivity index (χ3v) is 10.3. The SMILES string of the molecule is C=C1CO[C@@H]2[C@@H](C)C(NC(C)=O)=C(C)C[C@@](C)(OC1)[C@H](O[C@@H]1O[C@H](C)C[C@H](N(C)C)C1OC(C)=O)[C@@H](C)C(=O)[C@@H](C)C(=O)O[C@H](CC)[C@@]2(C)O. The second-order valence-electron chi connectivity index (χ2n) is 15.1. The molecule has 12 atom stereocenters. The van der Waals surface area contributed by atoms with Crippen molar-refractivity contribution in [2.45, 2.75) is 143 Å². The van der Waals surface area contributed by atoms with Crippen LogP contribution in [0.15, 0.2) is 23.4 Å². The smallest absolute Gasteiger partial charge is 0.316 e. The first kappa shape index (κ1) is 41.7. The average molecular weight is 709 g/mol. The molecular weight excluding hydrogens is 648 g/mol. The number of Topliss-reactive ketones (excluding diaryl/α,β-unsaturated/α-hetero) is 1. The average Bonchev–Trinajstić information content (AvgIpc) is 3.03. The van der Waals surface area contributed by atoms with Crippen LogP contribution in [0, 0.1) is 17.8 Å². The van der Waals surface area contributed by atoms with Crippen LogP contribution in [0.5, 0.6) is 0 Å². The molecule has 1 amide bonds. The Labute approximate surface area is 297 Å². The monoisotopic (exact) mass is 708 g/mol. The standard InChI is InChI=1S/C37H60N2O11/c1-14-28-37(11,44)33-22(5)29(38-25(8)40)20(3)16-36(10,46-18-19(2)17-45-33)32(23(6)30(42)24(7)34(43)49-28)50-35-31(48-26(9)41)27(39(12)13)15-21(4)47-35/h21-24,27-28,31-33,35,44H,2,14-18H2,1,3-13H3,(H,38,40)/t21-,22+,23+,24-,27+,28-,31?,32-,33-,35+,36-,37-/m1/s1. The molecule has 1 fully saturated rings. The summed E-state index contributed by atoms with van der Waals surface area (Å²) in [6, 6.07) is -0.270. The van der Waals surface area contributed by atoms with Crippen molar-refractivity contribution < 1.29 is 52.7 Å². The summed E-state index contributed by atoms with van der Waals surface area (Å²) in [6.07, 6.45) is -4.46. The first-order valence-corrected chi connectivity index (χ1v) is 17.6. The molecule has 0 aromatic rings. The van der Waals surface area contributed by atoms with Crippen molar-refractivity contribution in [3.63, 3.8) is 0 Å². The maximum atomic E-state index is 14.3. The van der Waals surface area contributed by atoms with Crippen LogP contribution >= 0.6 is 0 Å². The number of hydrogen-bond donors (Lipinski definition) is 2. The maximum Gasteiger partial charge on any atom is 0.316 e. The molecule has 0 aromatic carbocycles. The number of rotatable bonds is 6. The highest BCUT2D eigenvalue weighted by atomic mass is 16.7. The van der Waals surface area contributed by atoms with E-state index in [2.05, 4.69) is 11.9 Å². The number of amides is 1. The van der Waals surface area contributed by atoms with E-state index in [-0.39, 0.29) is 44.1 Å². The number of ketones is 1. The fraction of sp³-hybridized carbons (Fsp3) is 0.784. The molecule has 3 rings (SSSR count). The highest BCUT2D eigenvalue weighted by Crippen LogP contribution is 2.41. The van der Waals surface area contributed by atoms with Gasteiger partial charge < -0.3 is 43.7 Å². The normalized spacial score (nSPS) is 39.6. The minimum atomic E-state index is -1.75. The molecule has 13 heteroatoms. The number of nitrogens with one attached hydrogen (secondary N) is 1. The van der Waals surface area contributed by atoms with Gasteiger partial charge in [0.15, 0.2) is 18.2 Å². The third-order valence-electron chi connectivity index (χ3n) is 10.3. The molecule has 0 spiro atoms. The Balaban J connectivity index is 2.35. The number of nitrogens with zero attached hydrogens (tertiary/aromatic N) is 1. The van der Waals surface area contributed by atoms with Crippen molar-refractivity contribution in [3.8, 4) is 0 Å². The number of fused-ring (bicyclic) bond motifs is 4. The second kappa shape index (κ2) is 16.8. The van der Waals surface area contributed by atoms with Gasteiger partial charge in [0.2, 0.25) is 5.91 Å². The number of aliphatic hydroxyl groups is 1. The molecule has 0 aliphatic carbocycles. The lowest BCUT2D eigenvalue weighted by molar-refractivity contribution is -0.298. The Morgan fingerprint density at radius 1 is 1.08 bits per heavy atom. The van der Waals surface area contributed by atoms with E-state index in [1.54, 1.807) is 20.8 Å². The molecular formula is C37H60N2O11. The molecule has 13 nitrogen and oxygen atoms in total. The number of esters is 2. The summed E-state index contributed by atoms with van der Waals surface area (Å²) < 4.78 is 38.0. The van der Waals surface area contributed by atoms with Gasteiger partial charge in [-0.3, -0.25) is 19.2 Å². The zero-order chi connectivity index (χ0) is 37.9. The first-order chi connectivity index (χ1) is 23.1. The lowest BCUT2D eigenvalue weighted by Crippen LogP contribution is -2.60. The number of carbonyl (C=O) groups excluding carboxylic acids is 4. The number of cyclic esters (lactones) is 1. The zero-order valence-corrected chi connectivity index (χ0v) is 32.0. The molecule has 1 saturated heterocycles. The van der Waals surface area contributed by atoms with Gasteiger partial charge in [-0.05, 0) is 67.1 Å². The quantitative estimate of drug-likeness (QED) is 0.236. The molecule has 3 aliphatic rings. The Bertz CT molecular complexity index is 1310. The van der Waals surface area contributed by atoms with Crippen LogP contribution in [0.25, 0.3) is 0 Å². The van der Waals surface area contributed by atoms with Crippen molar-refractivity contribution >= 4 is 23.6 Å². The van der Waals surface area contributed by atoms with Gasteiger partial charge in [-0.15, -0.1) is 0 Å². The Hall–Kier alpha value is -2.68. The lowest BCUT2D eigenvalue weighted by atomic mass is 9.77. The van der Waals surface area contributed by atoms with Gasteiger partial charge in [-0.1, -0.05) is 32.9 Å². The molecule has 2 bridgehead atoms. The van der Waals surface area contributed by atoms with Gasteiger partial charge in [0.1, 0.15) is 17.6 Å². The largest absolute Gasteiger partial charge is 0.459 e. The first-order valence-electron chi connectivity index (χ1n) is 17.6. The topological polar surface area (TPSA) is 159 Å². The van der Waals surface area contributed by atoms with E-state index in [9.17, 15) is 24.3 Å². The molecule has 284 valence electrons. The van der Waals surface area contributed by atoms with Crippen molar-refractivity contribution in [2.75, 3.05) is 27.3 Å². The fourth-order valence-electron chi connectivity index (χ4n) is 7.73. The van der Waals surface area contributed by atoms with Gasteiger partial charge in [-0.2, -0.15) is 0 Å². The van der Waals surface area contributed by atoms with E-state index >= 15 is 0 Å². The zero-order valence-electron chi connectivity index (χ0n) is 32.0. The summed E-state index contributed by atoms with van der Waals surface area (Å²) in [5.41, 5.74) is -1.34. The fourth-order valence-corrected chi connectivity index (χ4v) is 7.73. The van der Waals surface area contributed by atoms with E-state index in [0.717, 1.165) is 0 Å². The van der Waals surface area contributed by atoms with Crippen molar-refractivity contribution in [3.05, 3.63) is 23.4 Å². The number of likely N-dealkylation sites (N-methyl/N-ethyl adjacent to an activating group) is 1. The Morgan fingerprint density at radius 2 is 1.72 bits per heavy atom. The van der Waals surface area contributed by atoms with E-state index in [4.69, 9.17) is 28.4 Å². The lowest BCUT2D eigenvalue weighted by Gasteiger charge is -2.47. The minimum Gasteiger partial charge on any atom is -0.459 e. The van der Waals surface area contributed by atoms with Crippen LogP contribution in [0.1, 0.15) is 88.5 Å². The number of ether oxygens (including phenoxy) is 6. The summed E-state index contributed by atoms with van der Waals surface area (Å²) in [5, 5.41) is 15.1. The molecule has 0 radical (unpaired) electrons. The maximum absolute atomic E-state index is 14.3. The van der Waals surface area contributed by atoms with Crippen LogP contribution in [-0.2, 0) is 47.6 Å². The van der Waals surface area contributed by atoms with Crippen molar-refractivity contribution in [2.24, 2.45) is 17.8 Å². The van der Waals surface area contributed by atoms with E-state index in [1.807, 2.05) is 39.8 Å². The van der Waals surface area contributed by atoms with Crippen molar-refractivity contribution in [1.29, 1.82) is 0 Å². The molecule has 0 aromatic heterocycles. The predicted molar refractivity (Wildman–Crippen MR) is 185 cm³/mol. The van der Waals surface area contributed by atoms with Crippen LogP contribution in [-0.4, -0.2) is 115 Å². The van der Waals surface area contributed by atoms with Gasteiger partial charge in [0, 0.05) is 37.8 Å². The van der Waals surface area contributed by atoms with Gasteiger partial charge in [0.05, 0.1) is 43.2 Å². The van der Waals surface area contributed by atoms with E-state index in [1.165, 1.54) is 27.7 Å². The Morgan fingerprint density at radius 3 is 2.28 bits per heavy atom. The molecule has 1 unspecified atom stereocenters. The summed E-state index contributed by atoms with van der Waals surface area (Å²) in [4.78, 5) is 55.0. The van der Waals surface area contributed by atoms with Crippen LogP contribution in [0.2, 0.25) is 0 Å². The number of carbonyl (C=O) groups is 4. The molecule has 50 heavy (non-hydrogen) atoms. The van der Waals surface area contributed by atoms with E-state index in [0.29, 0.717) is 23.3 Å². The van der Waals surface area contributed by atoms with Gasteiger partial charge in [0.25, 0.3) is 0 Å². The molecule has 3 aliphatic heterocycles. The minimum absolute atomic E-state index is 0.00107. The molecule has 2 N–H and O–H groups in total. The van der Waals surface area contributed by atoms with Crippen LogP contribution in [0.4, 0.5) is 0 Å². The van der Waals surface area contributed by atoms with E-state index < -0.39 is 77.4 Å². The third kappa shape index (κ3) is 9.40. The predicted octanol–water partition coefficient (Wildman–Crippen LogP) is 3.46. The highest BCUT2D eigenvalue weighted by Gasteiger charge is 2.52. The van der Waals surface area contributed by atoms with Gasteiger partial charge >= 0.3 is 11.9 Å². The summed E-state index contributed by atoms with van der Waals surface area (Å²) in [7, 11) is 3.76. The van der Waals surface area contributed by atoms with Crippen LogP contribution < -0.4 is 5.32 Å². The molecule has 3 heterocycles. The Kier molecular flexibility index (Phi) is 14.0. The summed E-state index contributed by atoms with van der Waals surface area (Å²) in [6.45, 7) is 20.7. The number of hydrogen-bond acceptors (Lipinski definition) is 12. The van der Waals surface area contributed by atoms with Crippen molar-refractivity contribution in [1.82, 2.24) is 10.2 Å². The van der Waals surface area contributed by atoms with Gasteiger partial charge in [-0.25, -0.2) is 0 Å².